The van der Waals surface area contributed by atoms with E-state index in [-0.39, 0.29) is 37.0 Å². The molecule has 3 amide bonds. The van der Waals surface area contributed by atoms with Crippen LogP contribution >= 0.6 is 0 Å². The van der Waals surface area contributed by atoms with Gasteiger partial charge in [-0.25, -0.2) is 0 Å². The smallest absolute Gasteiger partial charge is 0.320 e. The fraction of sp³-hybridized carbons (Fsp3) is 0.407. The number of nitrogens with one attached hydrogen (secondary N) is 4. The van der Waals surface area contributed by atoms with Gasteiger partial charge < -0.3 is 26.2 Å². The van der Waals surface area contributed by atoms with Crippen LogP contribution in [-0.2, 0) is 20.8 Å². The molecule has 0 unspecified atom stereocenters. The van der Waals surface area contributed by atoms with Gasteiger partial charge in [0, 0.05) is 25.6 Å². The molecule has 10 heteroatoms. The fourth-order valence-electron chi connectivity index (χ4n) is 3.79. The van der Waals surface area contributed by atoms with Gasteiger partial charge in [-0.1, -0.05) is 44.2 Å². The monoisotopic (exact) mass is 512 g/mol. The number of phenols is 1. The predicted octanol–water partition coefficient (Wildman–Crippen LogP) is 1.44. The van der Waals surface area contributed by atoms with Crippen molar-refractivity contribution < 1.29 is 29.4 Å². The standard InChI is InChI=1S/C27H36N4O6/c1-17(2)15-22(26(35)31-23(25(34)28-3)16-18-9-11-20(32)12-10-18)30-21(27(36)37)13-14-29-24(33)19-7-5-4-6-8-19/h4-12,17,21-23,30,32H,13-16H2,1-3H3,(H,28,34)(H,29,33)(H,31,35)(H,36,37)/t21-,22+,23+/m1/s1. The molecule has 0 radical (unpaired) electrons. The van der Waals surface area contributed by atoms with E-state index in [9.17, 15) is 29.4 Å². The van der Waals surface area contributed by atoms with Gasteiger partial charge in [0.25, 0.3) is 5.91 Å². The van der Waals surface area contributed by atoms with Crippen LogP contribution in [0.5, 0.6) is 5.75 Å². The number of hydrogen-bond acceptors (Lipinski definition) is 6. The Hall–Kier alpha value is -3.92. The van der Waals surface area contributed by atoms with Crippen molar-refractivity contribution in [3.05, 3.63) is 65.7 Å². The van der Waals surface area contributed by atoms with Crippen LogP contribution in [0.25, 0.3) is 0 Å². The molecule has 0 fully saturated rings. The summed E-state index contributed by atoms with van der Waals surface area (Å²) in [6.45, 7) is 3.91. The van der Waals surface area contributed by atoms with Gasteiger partial charge in [0.1, 0.15) is 17.8 Å². The second kappa shape index (κ2) is 14.6. The molecule has 0 aliphatic heterocycles. The van der Waals surface area contributed by atoms with Crippen molar-refractivity contribution in [1.82, 2.24) is 21.3 Å². The molecule has 3 atom stereocenters. The minimum absolute atomic E-state index is 0.0577. The predicted molar refractivity (Wildman–Crippen MR) is 139 cm³/mol. The Morgan fingerprint density at radius 2 is 1.51 bits per heavy atom. The highest BCUT2D eigenvalue weighted by atomic mass is 16.4. The summed E-state index contributed by atoms with van der Waals surface area (Å²) in [5.74, 6) is -2.22. The summed E-state index contributed by atoms with van der Waals surface area (Å²) in [5, 5.41) is 30.1. The van der Waals surface area contributed by atoms with Gasteiger partial charge in [0.05, 0.1) is 6.04 Å². The quantitative estimate of drug-likeness (QED) is 0.224. The number of carboxylic acid groups (broad SMARTS) is 1. The topological polar surface area (TPSA) is 157 Å². The third kappa shape index (κ3) is 9.92. The van der Waals surface area contributed by atoms with Crippen LogP contribution in [0.15, 0.2) is 54.6 Å². The third-order valence-corrected chi connectivity index (χ3v) is 5.73. The number of carbonyl (C=O) groups is 4. The number of aromatic hydroxyl groups is 1. The van der Waals surface area contributed by atoms with Crippen molar-refractivity contribution in [2.75, 3.05) is 13.6 Å². The summed E-state index contributed by atoms with van der Waals surface area (Å²) >= 11 is 0. The number of benzene rings is 2. The second-order valence-corrected chi connectivity index (χ2v) is 9.20. The van der Waals surface area contributed by atoms with E-state index in [0.29, 0.717) is 12.0 Å². The molecule has 0 aromatic heterocycles. The average molecular weight is 513 g/mol. The molecule has 0 saturated heterocycles. The van der Waals surface area contributed by atoms with Crippen LogP contribution in [0.2, 0.25) is 0 Å². The first-order valence-corrected chi connectivity index (χ1v) is 12.2. The Labute approximate surface area is 216 Å². The Bertz CT molecular complexity index is 1040. The van der Waals surface area contributed by atoms with Crippen molar-refractivity contribution in [3.63, 3.8) is 0 Å². The summed E-state index contributed by atoms with van der Waals surface area (Å²) in [6, 6.07) is 12.0. The normalized spacial score (nSPS) is 13.3. The molecular formula is C27H36N4O6. The Kier molecular flexibility index (Phi) is 11.6. The molecule has 10 nitrogen and oxygen atoms in total. The zero-order valence-corrected chi connectivity index (χ0v) is 21.4. The molecule has 2 aromatic rings. The molecule has 0 aliphatic carbocycles. The third-order valence-electron chi connectivity index (χ3n) is 5.73. The number of rotatable bonds is 14. The molecule has 6 N–H and O–H groups in total. The lowest BCUT2D eigenvalue weighted by Gasteiger charge is -2.26. The summed E-state index contributed by atoms with van der Waals surface area (Å²) in [4.78, 5) is 49.9. The van der Waals surface area contributed by atoms with Crippen molar-refractivity contribution >= 4 is 23.7 Å². The van der Waals surface area contributed by atoms with Gasteiger partial charge in [-0.3, -0.25) is 24.5 Å². The first kappa shape index (κ1) is 29.3. The maximum atomic E-state index is 13.2. The van der Waals surface area contributed by atoms with E-state index in [2.05, 4.69) is 21.3 Å². The van der Waals surface area contributed by atoms with Crippen molar-refractivity contribution in [2.24, 2.45) is 5.92 Å². The van der Waals surface area contributed by atoms with E-state index in [1.54, 1.807) is 42.5 Å². The van der Waals surface area contributed by atoms with E-state index < -0.39 is 35.9 Å². The summed E-state index contributed by atoms with van der Waals surface area (Å²) in [7, 11) is 1.46. The van der Waals surface area contributed by atoms with Crippen LogP contribution < -0.4 is 21.3 Å². The molecule has 0 saturated carbocycles. The van der Waals surface area contributed by atoms with Gasteiger partial charge in [-0.2, -0.15) is 0 Å². The van der Waals surface area contributed by atoms with E-state index >= 15 is 0 Å². The number of hydrogen-bond donors (Lipinski definition) is 6. The van der Waals surface area contributed by atoms with Crippen LogP contribution in [0, 0.1) is 5.92 Å². The number of carbonyl (C=O) groups excluding carboxylic acids is 3. The largest absolute Gasteiger partial charge is 0.508 e. The SMILES string of the molecule is CNC(=O)[C@H](Cc1ccc(O)cc1)NC(=O)[C@H](CC(C)C)N[C@H](CCNC(=O)c1ccccc1)C(=O)O. The zero-order valence-electron chi connectivity index (χ0n) is 21.4. The first-order valence-electron chi connectivity index (χ1n) is 12.2. The molecule has 37 heavy (non-hydrogen) atoms. The van der Waals surface area contributed by atoms with Crippen molar-refractivity contribution in [3.8, 4) is 5.75 Å². The summed E-state index contributed by atoms with van der Waals surface area (Å²) < 4.78 is 0. The molecule has 0 aliphatic rings. The van der Waals surface area contributed by atoms with Crippen LogP contribution in [-0.4, -0.2) is 65.6 Å². The molecule has 2 rings (SSSR count). The molecule has 2 aromatic carbocycles. The van der Waals surface area contributed by atoms with E-state index in [1.807, 2.05) is 13.8 Å². The molecule has 0 bridgehead atoms. The molecular weight excluding hydrogens is 476 g/mol. The fourth-order valence-corrected chi connectivity index (χ4v) is 3.79. The van der Waals surface area contributed by atoms with Gasteiger partial charge in [-0.05, 0) is 48.6 Å². The highest BCUT2D eigenvalue weighted by molar-refractivity contribution is 5.94. The van der Waals surface area contributed by atoms with Crippen LogP contribution in [0.1, 0.15) is 42.6 Å². The summed E-state index contributed by atoms with van der Waals surface area (Å²) in [6.07, 6.45) is 0.585. The second-order valence-electron chi connectivity index (χ2n) is 9.20. The summed E-state index contributed by atoms with van der Waals surface area (Å²) in [5.41, 5.74) is 1.20. The minimum atomic E-state index is -1.15. The van der Waals surface area contributed by atoms with Gasteiger partial charge >= 0.3 is 5.97 Å². The van der Waals surface area contributed by atoms with E-state index in [1.165, 1.54) is 19.2 Å². The van der Waals surface area contributed by atoms with E-state index in [0.717, 1.165) is 5.56 Å². The Morgan fingerprint density at radius 1 is 0.865 bits per heavy atom. The number of aliphatic carboxylic acids is 1. The van der Waals surface area contributed by atoms with Gasteiger partial charge in [0.2, 0.25) is 11.8 Å². The van der Waals surface area contributed by atoms with Crippen LogP contribution in [0.3, 0.4) is 0 Å². The maximum absolute atomic E-state index is 13.2. The van der Waals surface area contributed by atoms with Gasteiger partial charge in [-0.15, -0.1) is 0 Å². The molecule has 0 spiro atoms. The minimum Gasteiger partial charge on any atom is -0.508 e. The molecule has 200 valence electrons. The zero-order chi connectivity index (χ0) is 27.4. The Balaban J connectivity index is 2.07. The lowest BCUT2D eigenvalue weighted by atomic mass is 10.00. The highest BCUT2D eigenvalue weighted by Gasteiger charge is 2.30. The van der Waals surface area contributed by atoms with Crippen LogP contribution in [0.4, 0.5) is 0 Å². The highest BCUT2D eigenvalue weighted by Crippen LogP contribution is 2.13. The number of carboxylic acids is 1. The maximum Gasteiger partial charge on any atom is 0.320 e. The number of likely N-dealkylation sites (N-methyl/N-ethyl adjacent to an activating group) is 1. The van der Waals surface area contributed by atoms with Crippen molar-refractivity contribution in [1.29, 1.82) is 0 Å². The first-order chi connectivity index (χ1) is 17.6. The number of phenolic OH excluding ortho intramolecular Hbond substituents is 1. The van der Waals surface area contributed by atoms with E-state index in [4.69, 9.17) is 0 Å². The van der Waals surface area contributed by atoms with Crippen molar-refractivity contribution in [2.45, 2.75) is 51.2 Å². The lowest BCUT2D eigenvalue weighted by Crippen LogP contribution is -2.56. The Morgan fingerprint density at radius 3 is 2.08 bits per heavy atom. The number of amides is 3. The average Bonchev–Trinajstić information content (AvgIpc) is 2.87. The van der Waals surface area contributed by atoms with Gasteiger partial charge in [0.15, 0.2) is 0 Å². The molecule has 0 heterocycles. The lowest BCUT2D eigenvalue weighted by molar-refractivity contribution is -0.140.